The van der Waals surface area contributed by atoms with Crippen molar-refractivity contribution in [2.75, 3.05) is 6.61 Å². The van der Waals surface area contributed by atoms with Gasteiger partial charge in [0.1, 0.15) is 23.7 Å². The van der Waals surface area contributed by atoms with Gasteiger partial charge in [-0.1, -0.05) is 29.7 Å². The van der Waals surface area contributed by atoms with E-state index in [1.807, 2.05) is 0 Å². The maximum atomic E-state index is 12.3. The number of hydrogen-bond donors (Lipinski definition) is 1. The number of carbonyl (C=O) groups is 1. The number of hydrogen-bond acceptors (Lipinski definition) is 4. The second-order valence-corrected chi connectivity index (χ2v) is 6.66. The number of carbonyl (C=O) groups excluding carboxylic acids is 1. The first-order valence-corrected chi connectivity index (χ1v) is 8.80. The SMILES string of the molecule is CC#CCOc1ccc([S+]([O-])N(O)C(=O)Cc2ccc(Cl)cc2)cc1. The van der Waals surface area contributed by atoms with Crippen LogP contribution in [0.4, 0.5) is 0 Å². The lowest BCUT2D eigenvalue weighted by Gasteiger charge is -2.17. The summed E-state index contributed by atoms with van der Waals surface area (Å²) in [6.45, 7) is 1.97. The molecular weight excluding hydrogens is 362 g/mol. The smallest absolute Gasteiger partial charge is 0.299 e. The van der Waals surface area contributed by atoms with E-state index in [4.69, 9.17) is 16.3 Å². The zero-order chi connectivity index (χ0) is 18.2. The van der Waals surface area contributed by atoms with Gasteiger partial charge in [-0.2, -0.15) is 0 Å². The van der Waals surface area contributed by atoms with E-state index >= 15 is 0 Å². The zero-order valence-electron chi connectivity index (χ0n) is 13.4. The number of ether oxygens (including phenoxy) is 1. The predicted octanol–water partition coefficient (Wildman–Crippen LogP) is 3.23. The van der Waals surface area contributed by atoms with Crippen LogP contribution < -0.4 is 4.74 Å². The average molecular weight is 378 g/mol. The number of benzene rings is 2. The standard InChI is InChI=1S/C18H16ClNO4S/c1-2-3-12-24-16-8-10-17(11-9-16)25(23)20(22)18(21)13-14-4-6-15(19)7-5-14/h4-11,22H,12-13H2,1H3. The number of halogens is 1. The molecule has 0 fully saturated rings. The van der Waals surface area contributed by atoms with Crippen molar-refractivity contribution in [2.24, 2.45) is 0 Å². The summed E-state index contributed by atoms with van der Waals surface area (Å²) in [5, 5.41) is 10.5. The van der Waals surface area contributed by atoms with Gasteiger partial charge in [0.2, 0.25) is 0 Å². The summed E-state index contributed by atoms with van der Waals surface area (Å²) in [6, 6.07) is 12.9. The summed E-state index contributed by atoms with van der Waals surface area (Å²) in [4.78, 5) is 12.3. The molecule has 0 bridgehead atoms. The summed E-state index contributed by atoms with van der Waals surface area (Å²) in [6.07, 6.45) is -0.0870. The molecule has 0 aromatic heterocycles. The molecule has 0 spiro atoms. The second-order valence-electron chi connectivity index (χ2n) is 4.91. The second kappa shape index (κ2) is 9.35. The molecule has 0 saturated carbocycles. The van der Waals surface area contributed by atoms with E-state index in [-0.39, 0.29) is 22.4 Å². The Labute approximate surface area is 154 Å². The maximum absolute atomic E-state index is 12.3. The Morgan fingerprint density at radius 1 is 1.24 bits per heavy atom. The molecule has 25 heavy (non-hydrogen) atoms. The van der Waals surface area contributed by atoms with Gasteiger partial charge in [0.05, 0.1) is 6.42 Å². The molecule has 1 unspecified atom stereocenters. The van der Waals surface area contributed by atoms with E-state index in [9.17, 15) is 14.6 Å². The van der Waals surface area contributed by atoms with Crippen LogP contribution in [0.5, 0.6) is 5.75 Å². The van der Waals surface area contributed by atoms with Gasteiger partial charge in [-0.15, -0.1) is 5.92 Å². The number of amides is 1. The minimum atomic E-state index is -2.02. The Balaban J connectivity index is 1.97. The minimum Gasteiger partial charge on any atom is -0.586 e. The molecule has 130 valence electrons. The Morgan fingerprint density at radius 2 is 1.88 bits per heavy atom. The van der Waals surface area contributed by atoms with Crippen LogP contribution in [0.25, 0.3) is 0 Å². The van der Waals surface area contributed by atoms with Crippen LogP contribution in [0.15, 0.2) is 53.4 Å². The van der Waals surface area contributed by atoms with Crippen molar-refractivity contribution in [2.45, 2.75) is 18.2 Å². The zero-order valence-corrected chi connectivity index (χ0v) is 15.0. The minimum absolute atomic E-state index is 0.0870. The molecule has 1 atom stereocenters. The van der Waals surface area contributed by atoms with Crippen LogP contribution in [0.3, 0.4) is 0 Å². The van der Waals surface area contributed by atoms with Gasteiger partial charge in [0, 0.05) is 5.02 Å². The lowest BCUT2D eigenvalue weighted by molar-refractivity contribution is -0.145. The van der Waals surface area contributed by atoms with Gasteiger partial charge >= 0.3 is 0 Å². The maximum Gasteiger partial charge on any atom is 0.299 e. The molecule has 1 N–H and O–H groups in total. The summed E-state index contributed by atoms with van der Waals surface area (Å²) in [5.74, 6) is 5.34. The van der Waals surface area contributed by atoms with Crippen molar-refractivity contribution >= 4 is 28.9 Å². The Kier molecular flexibility index (Phi) is 7.16. The van der Waals surface area contributed by atoms with E-state index in [0.717, 1.165) is 0 Å². The molecule has 0 heterocycles. The van der Waals surface area contributed by atoms with Gasteiger partial charge in [0.25, 0.3) is 5.91 Å². The van der Waals surface area contributed by atoms with Gasteiger partial charge in [-0.05, 0) is 53.4 Å². The monoisotopic (exact) mass is 377 g/mol. The average Bonchev–Trinajstić information content (AvgIpc) is 2.63. The molecule has 0 radical (unpaired) electrons. The molecule has 2 aromatic carbocycles. The molecule has 7 heteroatoms. The fourth-order valence-electron chi connectivity index (χ4n) is 1.88. The summed E-state index contributed by atoms with van der Waals surface area (Å²) < 4.78 is 17.9. The highest BCUT2D eigenvalue weighted by atomic mass is 35.5. The van der Waals surface area contributed by atoms with Crippen LogP contribution in [0.2, 0.25) is 5.02 Å². The van der Waals surface area contributed by atoms with Crippen LogP contribution >= 0.6 is 11.6 Å². The van der Waals surface area contributed by atoms with Gasteiger partial charge in [0.15, 0.2) is 4.90 Å². The van der Waals surface area contributed by atoms with Crippen molar-refractivity contribution in [3.05, 3.63) is 59.1 Å². The Hall–Kier alpha value is -2.17. The predicted molar refractivity (Wildman–Crippen MR) is 95.6 cm³/mol. The summed E-state index contributed by atoms with van der Waals surface area (Å²) >= 11 is 3.76. The first kappa shape index (κ1) is 19.2. The van der Waals surface area contributed by atoms with Crippen molar-refractivity contribution in [3.63, 3.8) is 0 Å². The molecule has 5 nitrogen and oxygen atoms in total. The Bertz CT molecular complexity index is 768. The van der Waals surface area contributed by atoms with Gasteiger partial charge < -0.3 is 9.29 Å². The highest BCUT2D eigenvalue weighted by molar-refractivity contribution is 7.89. The Morgan fingerprint density at radius 3 is 2.48 bits per heavy atom. The molecule has 1 amide bonds. The van der Waals surface area contributed by atoms with Gasteiger partial charge in [-0.3, -0.25) is 4.79 Å². The molecule has 0 saturated heterocycles. The highest BCUT2D eigenvalue weighted by Crippen LogP contribution is 2.20. The third-order valence-electron chi connectivity index (χ3n) is 3.15. The molecule has 0 aliphatic carbocycles. The quantitative estimate of drug-likeness (QED) is 0.363. The fraction of sp³-hybridized carbons (Fsp3) is 0.167. The van der Waals surface area contributed by atoms with E-state index in [2.05, 4.69) is 11.8 Å². The first-order valence-electron chi connectivity index (χ1n) is 7.32. The van der Waals surface area contributed by atoms with Gasteiger partial charge in [-0.25, -0.2) is 5.21 Å². The van der Waals surface area contributed by atoms with Crippen LogP contribution in [-0.2, 0) is 22.6 Å². The van der Waals surface area contributed by atoms with Crippen molar-refractivity contribution in [1.29, 1.82) is 0 Å². The summed E-state index contributed by atoms with van der Waals surface area (Å²) in [7, 11) is 0. The lowest BCUT2D eigenvalue weighted by atomic mass is 10.1. The van der Waals surface area contributed by atoms with E-state index in [1.54, 1.807) is 43.3 Å². The van der Waals surface area contributed by atoms with Crippen molar-refractivity contribution in [3.8, 4) is 17.6 Å². The van der Waals surface area contributed by atoms with Crippen LogP contribution in [0.1, 0.15) is 12.5 Å². The largest absolute Gasteiger partial charge is 0.586 e. The number of nitrogens with zero attached hydrogens (tertiary/aromatic N) is 1. The number of rotatable bonds is 6. The molecule has 0 aliphatic rings. The third kappa shape index (κ3) is 5.69. The fourth-order valence-corrected chi connectivity index (χ4v) is 2.82. The normalized spacial score (nSPS) is 11.2. The topological polar surface area (TPSA) is 72.8 Å². The molecular formula is C18H16ClNO4S. The van der Waals surface area contributed by atoms with E-state index in [1.165, 1.54) is 12.1 Å². The highest BCUT2D eigenvalue weighted by Gasteiger charge is 2.26. The third-order valence-corrected chi connectivity index (χ3v) is 4.60. The van der Waals surface area contributed by atoms with Crippen LogP contribution in [-0.4, -0.2) is 26.7 Å². The van der Waals surface area contributed by atoms with Crippen LogP contribution in [0, 0.1) is 11.8 Å². The van der Waals surface area contributed by atoms with E-state index in [0.29, 0.717) is 16.3 Å². The van der Waals surface area contributed by atoms with E-state index < -0.39 is 17.3 Å². The first-order chi connectivity index (χ1) is 12.0. The number of hydroxylamine groups is 1. The summed E-state index contributed by atoms with van der Waals surface area (Å²) in [5.41, 5.74) is 0.659. The molecule has 0 aliphatic heterocycles. The molecule has 2 rings (SSSR count). The van der Waals surface area contributed by atoms with Crippen molar-refractivity contribution < 1.29 is 19.3 Å². The molecule has 2 aromatic rings. The van der Waals surface area contributed by atoms with Crippen molar-refractivity contribution in [1.82, 2.24) is 4.47 Å². The lowest BCUT2D eigenvalue weighted by Crippen LogP contribution is -2.35.